The van der Waals surface area contributed by atoms with Crippen LogP contribution < -0.4 is 26.6 Å². The van der Waals surface area contributed by atoms with Crippen LogP contribution >= 0.6 is 0 Å². The first-order valence-electron chi connectivity index (χ1n) is 10.7. The molecule has 0 atom stereocenters. The molecule has 0 aliphatic rings. The number of carbonyl (C=O) groups excluding carboxylic acids is 5. The molecule has 0 fully saturated rings. The van der Waals surface area contributed by atoms with Gasteiger partial charge in [-0.3, -0.25) is 24.0 Å². The van der Waals surface area contributed by atoms with Gasteiger partial charge >= 0.3 is 0 Å². The van der Waals surface area contributed by atoms with Gasteiger partial charge in [-0.05, 0) is 24.1 Å². The summed E-state index contributed by atoms with van der Waals surface area (Å²) >= 11 is 0. The molecule has 1 aromatic carbocycles. The summed E-state index contributed by atoms with van der Waals surface area (Å²) in [7, 11) is 3.11. The van der Waals surface area contributed by atoms with E-state index in [1.807, 2.05) is 0 Å². The third kappa shape index (κ3) is 13.5. The third-order valence-electron chi connectivity index (χ3n) is 4.42. The molecule has 0 bridgehead atoms. The first kappa shape index (κ1) is 27.6. The molecule has 0 aromatic heterocycles. The molecular weight excluding hydrogens is 430 g/mol. The zero-order valence-electron chi connectivity index (χ0n) is 19.1. The molecule has 0 unspecified atom stereocenters. The standard InChI is InChI=1S/C22H33N5O6/c1-23-18(28)4-3-12-33-13-11-26-21(31)15-22(32)27-17-7-5-16(6-8-17)14-20(30)25-10-9-19(29)24-2/h5-8H,3-4,9-15H2,1-2H3,(H,23,28)(H,24,29)(H,25,30)(H,26,31)(H,27,32). The van der Waals surface area contributed by atoms with Gasteiger partial charge in [0.15, 0.2) is 0 Å². The van der Waals surface area contributed by atoms with E-state index in [9.17, 15) is 24.0 Å². The fraction of sp³-hybridized carbons (Fsp3) is 0.500. The number of rotatable bonds is 15. The molecule has 0 saturated heterocycles. The molecule has 182 valence electrons. The Morgan fingerprint density at radius 3 is 2.03 bits per heavy atom. The molecule has 5 N–H and O–H groups in total. The number of benzene rings is 1. The Hall–Kier alpha value is -3.47. The minimum Gasteiger partial charge on any atom is -0.380 e. The summed E-state index contributed by atoms with van der Waals surface area (Å²) in [5.41, 5.74) is 1.26. The lowest BCUT2D eigenvalue weighted by Crippen LogP contribution is -2.31. The average molecular weight is 464 g/mol. The predicted octanol–water partition coefficient (Wildman–Crippen LogP) is -0.531. The lowest BCUT2D eigenvalue weighted by atomic mass is 10.1. The van der Waals surface area contributed by atoms with Crippen LogP contribution in [0, 0.1) is 0 Å². The van der Waals surface area contributed by atoms with Crippen LogP contribution in [0.25, 0.3) is 0 Å². The molecule has 11 nitrogen and oxygen atoms in total. The molecule has 0 saturated carbocycles. The number of anilines is 1. The Morgan fingerprint density at radius 2 is 1.36 bits per heavy atom. The SMILES string of the molecule is CNC(=O)CCCOCCNC(=O)CC(=O)Nc1ccc(CC(=O)NCCC(=O)NC)cc1. The van der Waals surface area contributed by atoms with Gasteiger partial charge in [0.2, 0.25) is 29.5 Å². The lowest BCUT2D eigenvalue weighted by molar-refractivity contribution is -0.127. The van der Waals surface area contributed by atoms with Crippen LogP contribution in [0.2, 0.25) is 0 Å². The molecule has 1 aromatic rings. The van der Waals surface area contributed by atoms with Gasteiger partial charge in [-0.15, -0.1) is 0 Å². The summed E-state index contributed by atoms with van der Waals surface area (Å²) in [4.78, 5) is 57.9. The van der Waals surface area contributed by atoms with E-state index in [0.29, 0.717) is 31.7 Å². The quantitative estimate of drug-likeness (QED) is 0.174. The zero-order valence-corrected chi connectivity index (χ0v) is 19.1. The van der Waals surface area contributed by atoms with Gasteiger partial charge < -0.3 is 31.3 Å². The third-order valence-corrected chi connectivity index (χ3v) is 4.42. The van der Waals surface area contributed by atoms with E-state index in [1.54, 1.807) is 31.3 Å². The van der Waals surface area contributed by atoms with Gasteiger partial charge in [0.1, 0.15) is 6.42 Å². The van der Waals surface area contributed by atoms with Crippen molar-refractivity contribution in [2.45, 2.75) is 32.1 Å². The second kappa shape index (κ2) is 16.2. The van der Waals surface area contributed by atoms with Crippen molar-refractivity contribution in [1.82, 2.24) is 21.3 Å². The van der Waals surface area contributed by atoms with Gasteiger partial charge in [-0.2, -0.15) is 0 Å². The van der Waals surface area contributed by atoms with Gasteiger partial charge in [0.05, 0.1) is 13.0 Å². The number of hydrogen-bond donors (Lipinski definition) is 5. The Morgan fingerprint density at radius 1 is 0.727 bits per heavy atom. The van der Waals surface area contributed by atoms with Gasteiger partial charge in [0, 0.05) is 52.3 Å². The molecule has 0 heterocycles. The van der Waals surface area contributed by atoms with Crippen molar-refractivity contribution in [2.75, 3.05) is 45.7 Å². The monoisotopic (exact) mass is 463 g/mol. The Kier molecular flexibility index (Phi) is 13.5. The van der Waals surface area contributed by atoms with Crippen molar-refractivity contribution in [2.24, 2.45) is 0 Å². The Bertz CT molecular complexity index is 797. The van der Waals surface area contributed by atoms with Crippen LogP contribution in [0.15, 0.2) is 24.3 Å². The maximum Gasteiger partial charge on any atom is 0.233 e. The van der Waals surface area contributed by atoms with Crippen LogP contribution in [0.5, 0.6) is 0 Å². The molecule has 0 aliphatic carbocycles. The number of ether oxygens (including phenoxy) is 1. The van der Waals surface area contributed by atoms with Crippen LogP contribution in [-0.4, -0.2) is 69.9 Å². The van der Waals surface area contributed by atoms with Crippen molar-refractivity contribution in [1.29, 1.82) is 0 Å². The molecule has 33 heavy (non-hydrogen) atoms. The number of nitrogens with one attached hydrogen (secondary N) is 5. The highest BCUT2D eigenvalue weighted by molar-refractivity contribution is 6.03. The van der Waals surface area contributed by atoms with Crippen LogP contribution in [0.3, 0.4) is 0 Å². The van der Waals surface area contributed by atoms with Crippen molar-refractivity contribution >= 4 is 35.2 Å². The van der Waals surface area contributed by atoms with Crippen molar-refractivity contribution in [3.05, 3.63) is 29.8 Å². The molecule has 0 aliphatic heterocycles. The normalized spacial score (nSPS) is 10.1. The fourth-order valence-electron chi connectivity index (χ4n) is 2.63. The minimum atomic E-state index is -0.460. The zero-order chi connectivity index (χ0) is 24.5. The van der Waals surface area contributed by atoms with Crippen molar-refractivity contribution in [3.63, 3.8) is 0 Å². The summed E-state index contributed by atoms with van der Waals surface area (Å²) in [6, 6.07) is 6.70. The van der Waals surface area contributed by atoms with E-state index in [1.165, 1.54) is 7.05 Å². The fourth-order valence-corrected chi connectivity index (χ4v) is 2.63. The second-order valence-electron chi connectivity index (χ2n) is 7.11. The molecule has 0 radical (unpaired) electrons. The molecule has 5 amide bonds. The Labute approximate surface area is 193 Å². The maximum absolute atomic E-state index is 12.0. The van der Waals surface area contributed by atoms with Crippen LogP contribution in [0.1, 0.15) is 31.2 Å². The lowest BCUT2D eigenvalue weighted by Gasteiger charge is -2.08. The van der Waals surface area contributed by atoms with Crippen LogP contribution in [-0.2, 0) is 35.1 Å². The highest BCUT2D eigenvalue weighted by atomic mass is 16.5. The van der Waals surface area contributed by atoms with Gasteiger partial charge in [-0.25, -0.2) is 0 Å². The van der Waals surface area contributed by atoms with E-state index in [4.69, 9.17) is 4.74 Å². The van der Waals surface area contributed by atoms with Crippen molar-refractivity contribution in [3.8, 4) is 0 Å². The van der Waals surface area contributed by atoms with Gasteiger partial charge in [-0.1, -0.05) is 12.1 Å². The van der Waals surface area contributed by atoms with E-state index < -0.39 is 11.8 Å². The summed E-state index contributed by atoms with van der Waals surface area (Å²) in [6.45, 7) is 1.24. The first-order chi connectivity index (χ1) is 15.8. The van der Waals surface area contributed by atoms with E-state index in [0.717, 1.165) is 5.56 Å². The van der Waals surface area contributed by atoms with E-state index in [2.05, 4.69) is 26.6 Å². The minimum absolute atomic E-state index is 0.0486. The number of carbonyl (C=O) groups is 5. The largest absolute Gasteiger partial charge is 0.380 e. The average Bonchev–Trinajstić information content (AvgIpc) is 2.79. The van der Waals surface area contributed by atoms with Crippen molar-refractivity contribution < 1.29 is 28.7 Å². The highest BCUT2D eigenvalue weighted by Gasteiger charge is 2.10. The van der Waals surface area contributed by atoms with Crippen LogP contribution in [0.4, 0.5) is 5.69 Å². The summed E-state index contributed by atoms with van der Waals surface area (Å²) in [5.74, 6) is -1.28. The summed E-state index contributed by atoms with van der Waals surface area (Å²) < 4.78 is 5.31. The Balaban J connectivity index is 2.21. The first-order valence-corrected chi connectivity index (χ1v) is 10.7. The second-order valence-corrected chi connectivity index (χ2v) is 7.11. The summed E-state index contributed by atoms with van der Waals surface area (Å²) in [5, 5.41) is 12.9. The molecule has 11 heteroatoms. The molecule has 1 rings (SSSR count). The van der Waals surface area contributed by atoms with Gasteiger partial charge in [0.25, 0.3) is 0 Å². The number of hydrogen-bond acceptors (Lipinski definition) is 6. The smallest absolute Gasteiger partial charge is 0.233 e. The maximum atomic E-state index is 12.0. The highest BCUT2D eigenvalue weighted by Crippen LogP contribution is 2.10. The summed E-state index contributed by atoms with van der Waals surface area (Å²) in [6.07, 6.45) is 1.02. The number of amides is 5. The van der Waals surface area contributed by atoms with E-state index in [-0.39, 0.29) is 50.1 Å². The topological polar surface area (TPSA) is 155 Å². The van der Waals surface area contributed by atoms with E-state index >= 15 is 0 Å². The predicted molar refractivity (Wildman–Crippen MR) is 122 cm³/mol. The molecule has 0 spiro atoms. The molecular formula is C22H33N5O6.